The molecule has 0 saturated heterocycles. The third-order valence-corrected chi connectivity index (χ3v) is 15.8. The molecule has 0 amide bonds. The maximum absolute atomic E-state index is 6.62. The molecule has 0 aliphatic heterocycles. The van der Waals surface area contributed by atoms with E-state index in [1.165, 1.54) is 55.6 Å². The SMILES string of the molecule is c1ccc(-c2ccc(-c3nc(-c4ccc5c(c4)oc4ccccc45)nc(-c4cccc5oc6ccc(-c7ccc(-c8cccc9c8-c8ccccc8C98c9ccccc9-c9ccccc98)cc7)cc6c45)n3)cc2)cc1. The van der Waals surface area contributed by atoms with Crippen LogP contribution >= 0.6 is 0 Å². The van der Waals surface area contributed by atoms with Crippen LogP contribution in [0.4, 0.5) is 0 Å². The van der Waals surface area contributed by atoms with Gasteiger partial charge in [-0.2, -0.15) is 0 Å². The number of para-hydroxylation sites is 1. The van der Waals surface area contributed by atoms with Crippen LogP contribution in [0.2, 0.25) is 0 Å². The van der Waals surface area contributed by atoms with Crippen molar-refractivity contribution in [2.24, 2.45) is 0 Å². The zero-order valence-corrected chi connectivity index (χ0v) is 40.3. The normalized spacial score (nSPS) is 12.9. The minimum Gasteiger partial charge on any atom is -0.456 e. The number of hydrogen-bond donors (Lipinski definition) is 0. The van der Waals surface area contributed by atoms with Crippen molar-refractivity contribution in [2.75, 3.05) is 0 Å². The van der Waals surface area contributed by atoms with Crippen molar-refractivity contribution in [3.05, 3.63) is 271 Å². The van der Waals surface area contributed by atoms with Crippen molar-refractivity contribution in [1.82, 2.24) is 15.0 Å². The van der Waals surface area contributed by atoms with Gasteiger partial charge in [0.25, 0.3) is 0 Å². The lowest BCUT2D eigenvalue weighted by atomic mass is 9.70. The van der Waals surface area contributed by atoms with Crippen LogP contribution in [-0.4, -0.2) is 15.0 Å². The van der Waals surface area contributed by atoms with Gasteiger partial charge in [0, 0.05) is 38.2 Å². The van der Waals surface area contributed by atoms with Crippen LogP contribution in [0.15, 0.2) is 258 Å². The number of aromatic nitrogens is 3. The van der Waals surface area contributed by atoms with Crippen molar-refractivity contribution in [3.63, 3.8) is 0 Å². The highest BCUT2D eigenvalue weighted by molar-refractivity contribution is 6.13. The fourth-order valence-corrected chi connectivity index (χ4v) is 12.5. The summed E-state index contributed by atoms with van der Waals surface area (Å²) in [6.07, 6.45) is 0. The van der Waals surface area contributed by atoms with E-state index in [0.717, 1.165) is 82.8 Å². The van der Waals surface area contributed by atoms with Crippen LogP contribution in [0.1, 0.15) is 22.3 Å². The summed E-state index contributed by atoms with van der Waals surface area (Å²) in [5.41, 5.74) is 22.8. The van der Waals surface area contributed by atoms with E-state index in [-0.39, 0.29) is 5.41 Å². The van der Waals surface area contributed by atoms with Crippen molar-refractivity contribution in [2.45, 2.75) is 5.41 Å². The molecule has 14 aromatic rings. The predicted molar refractivity (Wildman–Crippen MR) is 303 cm³/mol. The average molecular weight is 956 g/mol. The second kappa shape index (κ2) is 16.0. The zero-order chi connectivity index (χ0) is 49.2. The molecule has 0 atom stereocenters. The summed E-state index contributed by atoms with van der Waals surface area (Å²) in [5, 5.41) is 4.06. The Morgan fingerprint density at radius 1 is 0.253 bits per heavy atom. The van der Waals surface area contributed by atoms with Gasteiger partial charge in [-0.25, -0.2) is 15.0 Å². The van der Waals surface area contributed by atoms with Crippen molar-refractivity contribution in [3.8, 4) is 89.8 Å². The number of furan rings is 2. The second-order valence-electron chi connectivity index (χ2n) is 19.7. The highest BCUT2D eigenvalue weighted by atomic mass is 16.3. The largest absolute Gasteiger partial charge is 0.456 e. The molecule has 5 heteroatoms. The van der Waals surface area contributed by atoms with Crippen LogP contribution in [0.25, 0.3) is 134 Å². The molecule has 3 heterocycles. The molecule has 16 rings (SSSR count). The maximum atomic E-state index is 6.62. The molecule has 0 unspecified atom stereocenters. The molecule has 1 spiro atoms. The standard InChI is InChI=1S/C70H41N3O2/c1-2-14-42(15-3-1)43-30-34-46(35-31-43)67-71-68(48-36-38-53-52-18-7-11-26-61(52)75-64(53)41-48)73-69(72-67)55-21-13-27-63-66(55)56-40-47(37-39-62(56)74-63)44-28-32-45(33-29-44)49-20-12-25-60-65(49)54-19-6-10-24-59(54)70(60)57-22-8-4-16-50(57)51-17-5-9-23-58(51)70/h1-41H. The van der Waals surface area contributed by atoms with Crippen molar-refractivity contribution >= 4 is 43.9 Å². The Morgan fingerprint density at radius 3 is 1.51 bits per heavy atom. The van der Waals surface area contributed by atoms with Gasteiger partial charge in [0.1, 0.15) is 22.3 Å². The third kappa shape index (κ3) is 6.16. The number of rotatable bonds is 6. The summed E-state index contributed by atoms with van der Waals surface area (Å²) < 4.78 is 13.0. The van der Waals surface area contributed by atoms with Gasteiger partial charge in [0.2, 0.25) is 0 Å². The van der Waals surface area contributed by atoms with E-state index >= 15 is 0 Å². The second-order valence-corrected chi connectivity index (χ2v) is 19.7. The first-order valence-corrected chi connectivity index (χ1v) is 25.5. The zero-order valence-electron chi connectivity index (χ0n) is 40.3. The van der Waals surface area contributed by atoms with E-state index in [1.807, 2.05) is 42.5 Å². The van der Waals surface area contributed by atoms with Crippen LogP contribution in [0, 0.1) is 0 Å². The number of nitrogens with zero attached hydrogens (tertiary/aromatic N) is 3. The fourth-order valence-electron chi connectivity index (χ4n) is 12.5. The topological polar surface area (TPSA) is 65.0 Å². The minimum absolute atomic E-state index is 0.390. The maximum Gasteiger partial charge on any atom is 0.164 e. The van der Waals surface area contributed by atoms with E-state index < -0.39 is 0 Å². The summed E-state index contributed by atoms with van der Waals surface area (Å²) >= 11 is 0. The lowest BCUT2D eigenvalue weighted by Crippen LogP contribution is -2.25. The Kier molecular flexibility index (Phi) is 8.89. The Morgan fingerprint density at radius 2 is 0.733 bits per heavy atom. The summed E-state index contributed by atoms with van der Waals surface area (Å²) in [7, 11) is 0. The molecule has 75 heavy (non-hydrogen) atoms. The van der Waals surface area contributed by atoms with E-state index in [9.17, 15) is 0 Å². The lowest BCUT2D eigenvalue weighted by Gasteiger charge is -2.30. The fraction of sp³-hybridized carbons (Fsp3) is 0.0143. The summed E-state index contributed by atoms with van der Waals surface area (Å²) in [6.45, 7) is 0. The van der Waals surface area contributed by atoms with E-state index in [2.05, 4.69) is 206 Å². The Balaban J connectivity index is 0.809. The highest BCUT2D eigenvalue weighted by Gasteiger charge is 2.52. The molecule has 5 nitrogen and oxygen atoms in total. The molecule has 348 valence electrons. The molecule has 11 aromatic carbocycles. The number of fused-ring (bicyclic) bond motifs is 16. The van der Waals surface area contributed by atoms with E-state index in [1.54, 1.807) is 0 Å². The van der Waals surface area contributed by atoms with Crippen LogP contribution in [-0.2, 0) is 5.41 Å². The predicted octanol–water partition coefficient (Wildman–Crippen LogP) is 18.0. The van der Waals surface area contributed by atoms with Gasteiger partial charge >= 0.3 is 0 Å². The van der Waals surface area contributed by atoms with E-state index in [0.29, 0.717) is 17.5 Å². The van der Waals surface area contributed by atoms with Gasteiger partial charge in [0.05, 0.1) is 5.41 Å². The van der Waals surface area contributed by atoms with Crippen molar-refractivity contribution in [1.29, 1.82) is 0 Å². The van der Waals surface area contributed by atoms with Gasteiger partial charge < -0.3 is 8.83 Å². The van der Waals surface area contributed by atoms with Gasteiger partial charge in [-0.1, -0.05) is 212 Å². The summed E-state index contributed by atoms with van der Waals surface area (Å²) in [5.74, 6) is 1.68. The first kappa shape index (κ1) is 41.6. The summed E-state index contributed by atoms with van der Waals surface area (Å²) in [4.78, 5) is 15.7. The van der Waals surface area contributed by atoms with E-state index in [4.69, 9.17) is 23.8 Å². The average Bonchev–Trinajstić information content (AvgIpc) is 4.39. The minimum atomic E-state index is -0.390. The molecule has 2 aliphatic carbocycles. The van der Waals surface area contributed by atoms with Crippen LogP contribution < -0.4 is 0 Å². The van der Waals surface area contributed by atoms with Gasteiger partial charge in [-0.05, 0) is 114 Å². The first-order chi connectivity index (χ1) is 37.2. The first-order valence-electron chi connectivity index (χ1n) is 25.5. The highest BCUT2D eigenvalue weighted by Crippen LogP contribution is 2.64. The van der Waals surface area contributed by atoms with Crippen LogP contribution in [0.3, 0.4) is 0 Å². The van der Waals surface area contributed by atoms with Gasteiger partial charge in [-0.3, -0.25) is 0 Å². The van der Waals surface area contributed by atoms with Crippen molar-refractivity contribution < 1.29 is 8.83 Å². The Hall–Kier alpha value is -9.97. The molecular formula is C70H41N3O2. The lowest BCUT2D eigenvalue weighted by molar-refractivity contribution is 0.668. The molecule has 0 saturated carbocycles. The Bertz CT molecular complexity index is 4600. The van der Waals surface area contributed by atoms with Gasteiger partial charge in [0.15, 0.2) is 17.5 Å². The summed E-state index contributed by atoms with van der Waals surface area (Å²) in [6, 6.07) is 88.7. The molecule has 0 N–H and O–H groups in total. The molecule has 3 aromatic heterocycles. The monoisotopic (exact) mass is 955 g/mol. The molecule has 0 bridgehead atoms. The molecular weight excluding hydrogens is 915 g/mol. The molecule has 0 fully saturated rings. The van der Waals surface area contributed by atoms with Crippen LogP contribution in [0.5, 0.6) is 0 Å². The Labute approximate surface area is 431 Å². The molecule has 2 aliphatic rings. The number of benzene rings is 11. The molecule has 0 radical (unpaired) electrons. The smallest absolute Gasteiger partial charge is 0.164 e. The quantitative estimate of drug-likeness (QED) is 0.166. The third-order valence-electron chi connectivity index (χ3n) is 15.8. The van der Waals surface area contributed by atoms with Gasteiger partial charge in [-0.15, -0.1) is 0 Å². The number of hydrogen-bond acceptors (Lipinski definition) is 5.